The van der Waals surface area contributed by atoms with Gasteiger partial charge in [0, 0.05) is 25.6 Å². The second-order valence-electron chi connectivity index (χ2n) is 10.8. The van der Waals surface area contributed by atoms with Gasteiger partial charge < -0.3 is 35.6 Å². The summed E-state index contributed by atoms with van der Waals surface area (Å²) >= 11 is 0. The Morgan fingerprint density at radius 3 is 2.62 bits per heavy atom. The smallest absolute Gasteiger partial charge is 0.421 e. The topological polar surface area (TPSA) is 195 Å². The van der Waals surface area contributed by atoms with Crippen LogP contribution in [0.25, 0.3) is 0 Å². The van der Waals surface area contributed by atoms with Gasteiger partial charge in [-0.1, -0.05) is 18.6 Å². The summed E-state index contributed by atoms with van der Waals surface area (Å²) in [5.74, 6) is -2.44. The van der Waals surface area contributed by atoms with Crippen molar-refractivity contribution >= 4 is 31.0 Å². The average Bonchev–Trinajstić information content (AvgIpc) is 3.52. The zero-order valence-corrected chi connectivity index (χ0v) is 25.8. The van der Waals surface area contributed by atoms with Crippen molar-refractivity contribution in [2.45, 2.75) is 31.7 Å². The molecule has 0 saturated heterocycles. The van der Waals surface area contributed by atoms with Crippen molar-refractivity contribution in [3.05, 3.63) is 71.2 Å². The molecule has 1 aliphatic heterocycles. The van der Waals surface area contributed by atoms with Crippen LogP contribution in [0.5, 0.6) is 0 Å². The van der Waals surface area contributed by atoms with Gasteiger partial charge in [0.15, 0.2) is 5.69 Å². The van der Waals surface area contributed by atoms with Gasteiger partial charge in [0.25, 0.3) is 0 Å². The maximum absolute atomic E-state index is 14.3. The van der Waals surface area contributed by atoms with Crippen molar-refractivity contribution in [2.75, 3.05) is 44.5 Å². The van der Waals surface area contributed by atoms with Crippen molar-refractivity contribution in [3.8, 4) is 0 Å². The van der Waals surface area contributed by atoms with Gasteiger partial charge in [-0.3, -0.25) is 14.5 Å². The molecule has 2 aliphatic rings. The first-order chi connectivity index (χ1) is 21.1. The summed E-state index contributed by atoms with van der Waals surface area (Å²) in [6, 6.07) is 0. The van der Waals surface area contributed by atoms with Gasteiger partial charge in [0.2, 0.25) is 16.9 Å². The van der Waals surface area contributed by atoms with Crippen LogP contribution in [0.3, 0.4) is 0 Å². The summed E-state index contributed by atoms with van der Waals surface area (Å²) in [6.45, 7) is 3.63. The van der Waals surface area contributed by atoms with Crippen LogP contribution in [0.15, 0.2) is 65.6 Å². The number of anilines is 2. The Labute approximate surface area is 256 Å². The number of aliphatic hydroxyl groups excluding tert-OH is 1. The van der Waals surface area contributed by atoms with Crippen LogP contribution in [0.2, 0.25) is 0 Å². The van der Waals surface area contributed by atoms with Gasteiger partial charge in [-0.25, -0.2) is 9.47 Å². The summed E-state index contributed by atoms with van der Waals surface area (Å²) in [5, 5.41) is 22.1. The van der Waals surface area contributed by atoms with Crippen LogP contribution in [0.1, 0.15) is 25.8 Å². The number of nitrogens with zero attached hydrogens (tertiary/aromatic N) is 4. The summed E-state index contributed by atoms with van der Waals surface area (Å²) in [5.41, 5.74) is -0.150. The predicted molar refractivity (Wildman–Crippen MR) is 159 cm³/mol. The number of allylic oxidation sites excluding steroid dienone is 3. The van der Waals surface area contributed by atoms with Crippen LogP contribution in [-0.2, 0) is 20.3 Å². The largest absolute Gasteiger partial charge is 0.498 e. The van der Waals surface area contributed by atoms with E-state index in [9.17, 15) is 37.4 Å². The number of nitrogens with one attached hydrogen (secondary N) is 4. The van der Waals surface area contributed by atoms with E-state index in [1.54, 1.807) is 26.1 Å². The Kier molecular flexibility index (Phi) is 9.61. The lowest BCUT2D eigenvalue weighted by atomic mass is 10.0. The fourth-order valence-electron chi connectivity index (χ4n) is 5.39. The molecule has 3 heterocycles. The Bertz CT molecular complexity index is 1600. The number of amides is 1. The number of aromatic nitrogens is 4. The van der Waals surface area contributed by atoms with E-state index in [4.69, 9.17) is 4.74 Å². The Balaban J connectivity index is 1.90. The highest BCUT2D eigenvalue weighted by Gasteiger charge is 2.53. The minimum atomic E-state index is -5.10. The van der Waals surface area contributed by atoms with Gasteiger partial charge in [-0.2, -0.15) is 23.3 Å². The highest BCUT2D eigenvalue weighted by Crippen LogP contribution is 2.58. The monoisotopic (exact) mass is 655 g/mol. The molecule has 4 rings (SSSR count). The molecule has 7 N–H and O–H groups in total. The fourth-order valence-corrected chi connectivity index (χ4v) is 6.41. The molecular weight excluding hydrogens is 620 g/mol. The molecule has 0 saturated carbocycles. The van der Waals surface area contributed by atoms with Gasteiger partial charge in [-0.05, 0) is 25.2 Å². The molecule has 2 aromatic heterocycles. The number of carbonyl (C=O) groups is 1. The number of rotatable bonds is 11. The standard InChI is InChI=1S/C27H34F3N8O6P/c1-16-7-8-26(45(41,42)43,21(10-16)44-4)37-25-32-13-19(27(28,29)30)23(36-25)35-20-6-5-9-38(14-17(2)15-39,18-11-33-34-12-18)22(20)24(40)31-3/h5-7,10-13,17,39H,8-9,14-15H2,1-4H3,(H5-,31,32,33,34,35,36,37,40,41,42,43)/p+1. The number of carbonyl (C=O) groups excluding carboxylic acids is 1. The third-order valence-corrected chi connectivity index (χ3v) is 9.12. The molecule has 0 spiro atoms. The number of H-pyrrole nitrogens is 1. The van der Waals surface area contributed by atoms with Gasteiger partial charge in [0.05, 0.1) is 26.5 Å². The lowest BCUT2D eigenvalue weighted by Crippen LogP contribution is -2.57. The zero-order valence-electron chi connectivity index (χ0n) is 24.9. The first kappa shape index (κ1) is 33.9. The second-order valence-corrected chi connectivity index (χ2v) is 12.6. The number of aromatic amines is 1. The maximum atomic E-state index is 14.3. The number of likely N-dealkylation sites (N-methyl/N-ethyl adjacent to an activating group) is 1. The van der Waals surface area contributed by atoms with E-state index in [1.807, 2.05) is 0 Å². The third-order valence-electron chi connectivity index (χ3n) is 7.61. The summed E-state index contributed by atoms with van der Waals surface area (Å²) in [4.78, 5) is 42.0. The molecule has 0 fully saturated rings. The van der Waals surface area contributed by atoms with E-state index < -0.39 is 42.3 Å². The van der Waals surface area contributed by atoms with Crippen molar-refractivity contribution in [3.63, 3.8) is 0 Å². The minimum Gasteiger partial charge on any atom is -0.498 e. The summed E-state index contributed by atoms with van der Waals surface area (Å²) in [6.07, 6.45) is 4.31. The van der Waals surface area contributed by atoms with Crippen LogP contribution < -0.4 is 20.4 Å². The Hall–Kier alpha value is -4.02. The number of alkyl halides is 3. The highest BCUT2D eigenvalue weighted by molar-refractivity contribution is 7.54. The van der Waals surface area contributed by atoms with Crippen molar-refractivity contribution < 1.29 is 42.2 Å². The molecule has 14 nitrogen and oxygen atoms in total. The number of hydrogen-bond donors (Lipinski definition) is 7. The normalized spacial score (nSPS) is 22.8. The lowest BCUT2D eigenvalue weighted by molar-refractivity contribution is -0.137. The van der Waals surface area contributed by atoms with Crippen LogP contribution in [-0.4, -0.2) is 80.1 Å². The van der Waals surface area contributed by atoms with Gasteiger partial charge in [-0.15, -0.1) is 0 Å². The number of methoxy groups -OCH3 is 1. The molecule has 2 aromatic rings. The molecule has 3 unspecified atom stereocenters. The van der Waals surface area contributed by atoms with Crippen LogP contribution >= 0.6 is 7.60 Å². The van der Waals surface area contributed by atoms with Gasteiger partial charge in [0.1, 0.15) is 35.6 Å². The van der Waals surface area contributed by atoms with Crippen LogP contribution in [0, 0.1) is 5.92 Å². The molecule has 0 aromatic carbocycles. The molecule has 0 radical (unpaired) electrons. The van der Waals surface area contributed by atoms with E-state index in [0.29, 0.717) is 17.5 Å². The minimum absolute atomic E-state index is 0.0205. The zero-order chi connectivity index (χ0) is 33.2. The maximum Gasteiger partial charge on any atom is 0.421 e. The Morgan fingerprint density at radius 2 is 2.04 bits per heavy atom. The molecule has 0 bridgehead atoms. The lowest BCUT2D eigenvalue weighted by Gasteiger charge is -2.40. The third kappa shape index (κ3) is 6.53. The summed E-state index contributed by atoms with van der Waals surface area (Å²) in [7, 11) is -2.51. The van der Waals surface area contributed by atoms with E-state index in [0.717, 1.165) is 0 Å². The molecule has 244 valence electrons. The SMILES string of the molecule is CNC(=O)C1=C(Nc2nc(NC3(P(=O)(O)O)CC=C(C)C=C3OC)ncc2C(F)(F)F)C=CC[N+]1(CC(C)CO)c1cn[nH]c1. The van der Waals surface area contributed by atoms with Crippen molar-refractivity contribution in [1.29, 1.82) is 0 Å². The highest BCUT2D eigenvalue weighted by atomic mass is 31.2. The van der Waals surface area contributed by atoms with Crippen molar-refractivity contribution in [2.24, 2.45) is 5.92 Å². The van der Waals surface area contributed by atoms with E-state index >= 15 is 0 Å². The molecule has 45 heavy (non-hydrogen) atoms. The van der Waals surface area contributed by atoms with Gasteiger partial charge >= 0.3 is 19.7 Å². The number of ether oxygens (including phenoxy) is 1. The number of halogens is 3. The van der Waals surface area contributed by atoms with E-state index in [2.05, 4.69) is 36.1 Å². The first-order valence-corrected chi connectivity index (χ1v) is 15.3. The predicted octanol–water partition coefficient (Wildman–Crippen LogP) is 2.96. The van der Waals surface area contributed by atoms with E-state index in [1.165, 1.54) is 38.6 Å². The number of aliphatic hydroxyl groups is 1. The summed E-state index contributed by atoms with van der Waals surface area (Å²) < 4.78 is 60.7. The molecule has 1 amide bonds. The Morgan fingerprint density at radius 1 is 1.31 bits per heavy atom. The first-order valence-electron chi connectivity index (χ1n) is 13.7. The average molecular weight is 656 g/mol. The fraction of sp³-hybridized carbons (Fsp3) is 0.407. The quantitative estimate of drug-likeness (QED) is 0.139. The molecule has 1 aliphatic carbocycles. The second kappa shape index (κ2) is 12.8. The van der Waals surface area contributed by atoms with Crippen LogP contribution in [0.4, 0.5) is 30.6 Å². The van der Waals surface area contributed by atoms with Crippen molar-refractivity contribution in [1.82, 2.24) is 30.0 Å². The van der Waals surface area contributed by atoms with E-state index in [-0.39, 0.29) is 53.7 Å². The number of quaternary nitrogens is 1. The molecule has 18 heteroatoms. The molecule has 3 atom stereocenters. The number of hydrogen-bond acceptors (Lipinski definition) is 9. The molecular formula is C27H35F3N8O6P+.